The summed E-state index contributed by atoms with van der Waals surface area (Å²) in [6, 6.07) is 6.34. The Kier molecular flexibility index (Phi) is 5.82. The smallest absolute Gasteiger partial charge is 0.270 e. The molecule has 1 aromatic heterocycles. The molecule has 1 saturated heterocycles. The van der Waals surface area contributed by atoms with Crippen molar-refractivity contribution in [3.63, 3.8) is 0 Å². The SMILES string of the molecule is O=C(N[C@@H](CO)C(=O)Nc1ccc(N2CCOCC2)cc1)c1cnc[nH]1. The van der Waals surface area contributed by atoms with Gasteiger partial charge in [0.15, 0.2) is 0 Å². The predicted molar refractivity (Wildman–Crippen MR) is 95.0 cm³/mol. The number of hydrogen-bond donors (Lipinski definition) is 4. The standard InChI is InChI=1S/C17H21N5O4/c23-10-15(21-16(24)14-9-18-11-19-14)17(25)20-12-1-3-13(4-2-12)22-5-7-26-8-6-22/h1-4,9,11,15,23H,5-8,10H2,(H,18,19)(H,20,25)(H,21,24)/t15-/m0/s1. The lowest BCUT2D eigenvalue weighted by atomic mass is 10.2. The third-order valence-electron chi connectivity index (χ3n) is 4.06. The predicted octanol–water partition coefficient (Wildman–Crippen LogP) is -0.0243. The Bertz CT molecular complexity index is 726. The zero-order valence-electron chi connectivity index (χ0n) is 14.1. The largest absolute Gasteiger partial charge is 0.394 e. The quantitative estimate of drug-likeness (QED) is 0.575. The number of carbonyl (C=O) groups excluding carboxylic acids is 2. The summed E-state index contributed by atoms with van der Waals surface area (Å²) >= 11 is 0. The fourth-order valence-electron chi connectivity index (χ4n) is 2.62. The molecule has 1 aromatic carbocycles. The topological polar surface area (TPSA) is 120 Å². The maximum absolute atomic E-state index is 12.3. The summed E-state index contributed by atoms with van der Waals surface area (Å²) < 4.78 is 5.33. The fourth-order valence-corrected chi connectivity index (χ4v) is 2.62. The number of nitrogens with zero attached hydrogens (tertiary/aromatic N) is 2. The number of rotatable bonds is 6. The van der Waals surface area contributed by atoms with E-state index >= 15 is 0 Å². The minimum Gasteiger partial charge on any atom is -0.394 e. The zero-order chi connectivity index (χ0) is 18.4. The van der Waals surface area contributed by atoms with Crippen LogP contribution in [0.25, 0.3) is 0 Å². The molecule has 0 saturated carbocycles. The van der Waals surface area contributed by atoms with Crippen LogP contribution in [0.4, 0.5) is 11.4 Å². The van der Waals surface area contributed by atoms with Gasteiger partial charge in [-0.05, 0) is 24.3 Å². The van der Waals surface area contributed by atoms with Crippen molar-refractivity contribution in [2.24, 2.45) is 0 Å². The fraction of sp³-hybridized carbons (Fsp3) is 0.353. The second-order valence-electron chi connectivity index (χ2n) is 5.81. The Balaban J connectivity index is 1.57. The number of imidazole rings is 1. The summed E-state index contributed by atoms with van der Waals surface area (Å²) in [4.78, 5) is 32.9. The maximum atomic E-state index is 12.3. The number of hydrogen-bond acceptors (Lipinski definition) is 6. The molecule has 1 aliphatic heterocycles. The Labute approximate surface area is 150 Å². The van der Waals surface area contributed by atoms with E-state index in [4.69, 9.17) is 4.74 Å². The minimum atomic E-state index is -1.07. The van der Waals surface area contributed by atoms with Crippen LogP contribution in [-0.2, 0) is 9.53 Å². The summed E-state index contributed by atoms with van der Waals surface area (Å²) in [5.41, 5.74) is 1.85. The van der Waals surface area contributed by atoms with Crippen molar-refractivity contribution in [3.8, 4) is 0 Å². The molecule has 2 amide bonds. The average Bonchev–Trinajstić information content (AvgIpc) is 3.22. The van der Waals surface area contributed by atoms with Gasteiger partial charge in [-0.25, -0.2) is 4.98 Å². The molecule has 1 fully saturated rings. The van der Waals surface area contributed by atoms with Crippen molar-refractivity contribution in [1.29, 1.82) is 0 Å². The van der Waals surface area contributed by atoms with Crippen molar-refractivity contribution in [2.45, 2.75) is 6.04 Å². The van der Waals surface area contributed by atoms with E-state index in [9.17, 15) is 14.7 Å². The van der Waals surface area contributed by atoms with Gasteiger partial charge in [0.25, 0.3) is 5.91 Å². The first-order chi connectivity index (χ1) is 12.7. The molecule has 26 heavy (non-hydrogen) atoms. The molecule has 9 heteroatoms. The van der Waals surface area contributed by atoms with Gasteiger partial charge in [0.05, 0.1) is 32.3 Å². The zero-order valence-corrected chi connectivity index (χ0v) is 14.1. The summed E-state index contributed by atoms with van der Waals surface area (Å²) in [7, 11) is 0. The van der Waals surface area contributed by atoms with Gasteiger partial charge in [-0.15, -0.1) is 0 Å². The molecule has 0 unspecified atom stereocenters. The van der Waals surface area contributed by atoms with E-state index in [2.05, 4.69) is 25.5 Å². The summed E-state index contributed by atoms with van der Waals surface area (Å²) in [6.07, 6.45) is 2.70. The Morgan fingerprint density at radius 1 is 1.27 bits per heavy atom. The molecule has 0 radical (unpaired) electrons. The molecule has 138 valence electrons. The number of morpholine rings is 1. The molecule has 3 rings (SSSR count). The number of benzene rings is 1. The Morgan fingerprint density at radius 3 is 2.62 bits per heavy atom. The van der Waals surface area contributed by atoms with E-state index < -0.39 is 24.5 Å². The molecule has 0 spiro atoms. The lowest BCUT2D eigenvalue weighted by Gasteiger charge is -2.29. The summed E-state index contributed by atoms with van der Waals surface area (Å²) in [5.74, 6) is -1.01. The molecule has 9 nitrogen and oxygen atoms in total. The van der Waals surface area contributed by atoms with Crippen LogP contribution in [0.1, 0.15) is 10.5 Å². The normalized spacial score (nSPS) is 15.3. The monoisotopic (exact) mass is 359 g/mol. The molecule has 4 N–H and O–H groups in total. The molecule has 0 aliphatic carbocycles. The van der Waals surface area contributed by atoms with Crippen molar-refractivity contribution < 1.29 is 19.4 Å². The van der Waals surface area contributed by atoms with E-state index in [1.54, 1.807) is 12.1 Å². The second kappa shape index (κ2) is 8.45. The molecule has 1 aliphatic rings. The highest BCUT2D eigenvalue weighted by Gasteiger charge is 2.21. The number of aromatic amines is 1. The Hall–Kier alpha value is -2.91. The van der Waals surface area contributed by atoms with Gasteiger partial charge in [-0.2, -0.15) is 0 Å². The average molecular weight is 359 g/mol. The molecule has 2 heterocycles. The van der Waals surface area contributed by atoms with Gasteiger partial charge in [-0.3, -0.25) is 9.59 Å². The van der Waals surface area contributed by atoms with Crippen LogP contribution in [0.5, 0.6) is 0 Å². The van der Waals surface area contributed by atoms with E-state index in [1.165, 1.54) is 12.5 Å². The summed E-state index contributed by atoms with van der Waals surface area (Å²) in [6.45, 7) is 2.55. The number of aliphatic hydroxyl groups excluding tert-OH is 1. The highest BCUT2D eigenvalue weighted by molar-refractivity contribution is 6.00. The van der Waals surface area contributed by atoms with E-state index in [0.29, 0.717) is 18.9 Å². The van der Waals surface area contributed by atoms with Gasteiger partial charge in [0.2, 0.25) is 5.91 Å². The highest BCUT2D eigenvalue weighted by Crippen LogP contribution is 2.19. The van der Waals surface area contributed by atoms with Crippen molar-refractivity contribution >= 4 is 23.2 Å². The van der Waals surface area contributed by atoms with Crippen molar-refractivity contribution in [2.75, 3.05) is 43.1 Å². The lowest BCUT2D eigenvalue weighted by Crippen LogP contribution is -2.46. The van der Waals surface area contributed by atoms with Crippen molar-refractivity contribution in [3.05, 3.63) is 42.5 Å². The lowest BCUT2D eigenvalue weighted by molar-refractivity contribution is -0.118. The number of nitrogens with one attached hydrogen (secondary N) is 3. The van der Waals surface area contributed by atoms with Gasteiger partial charge in [0, 0.05) is 24.5 Å². The molecular weight excluding hydrogens is 338 g/mol. The van der Waals surface area contributed by atoms with Crippen LogP contribution in [-0.4, -0.2) is 65.8 Å². The maximum Gasteiger partial charge on any atom is 0.270 e. The van der Waals surface area contributed by atoms with Gasteiger partial charge >= 0.3 is 0 Å². The van der Waals surface area contributed by atoms with Crippen LogP contribution in [0.15, 0.2) is 36.8 Å². The minimum absolute atomic E-state index is 0.214. The second-order valence-corrected chi connectivity index (χ2v) is 5.81. The van der Waals surface area contributed by atoms with E-state index in [0.717, 1.165) is 18.8 Å². The number of H-pyrrole nitrogens is 1. The summed E-state index contributed by atoms with van der Waals surface area (Å²) in [5, 5.41) is 14.6. The third kappa shape index (κ3) is 4.38. The molecule has 0 bridgehead atoms. The number of aromatic nitrogens is 2. The number of ether oxygens (including phenoxy) is 1. The Morgan fingerprint density at radius 2 is 2.00 bits per heavy atom. The van der Waals surface area contributed by atoms with Crippen LogP contribution >= 0.6 is 0 Å². The molecule has 2 aromatic rings. The van der Waals surface area contributed by atoms with Crippen LogP contribution in [0.3, 0.4) is 0 Å². The first kappa shape index (κ1) is 17.9. The molecular formula is C17H21N5O4. The van der Waals surface area contributed by atoms with Crippen molar-refractivity contribution in [1.82, 2.24) is 15.3 Å². The first-order valence-electron chi connectivity index (χ1n) is 8.31. The van der Waals surface area contributed by atoms with Crippen LogP contribution in [0, 0.1) is 0 Å². The number of anilines is 2. The van der Waals surface area contributed by atoms with Crippen LogP contribution in [0.2, 0.25) is 0 Å². The highest BCUT2D eigenvalue weighted by atomic mass is 16.5. The van der Waals surface area contributed by atoms with E-state index in [-0.39, 0.29) is 5.69 Å². The third-order valence-corrected chi connectivity index (χ3v) is 4.06. The van der Waals surface area contributed by atoms with E-state index in [1.807, 2.05) is 12.1 Å². The van der Waals surface area contributed by atoms with Crippen LogP contribution < -0.4 is 15.5 Å². The number of carbonyl (C=O) groups is 2. The molecule has 1 atom stereocenters. The first-order valence-corrected chi connectivity index (χ1v) is 8.31. The number of aliphatic hydroxyl groups is 1. The van der Waals surface area contributed by atoms with Gasteiger partial charge < -0.3 is 30.4 Å². The number of amides is 2. The van der Waals surface area contributed by atoms with Gasteiger partial charge in [0.1, 0.15) is 11.7 Å². The van der Waals surface area contributed by atoms with Gasteiger partial charge in [-0.1, -0.05) is 0 Å².